The fraction of sp³-hybridized carbons (Fsp3) is 0.455. The van der Waals surface area contributed by atoms with Gasteiger partial charge in [-0.2, -0.15) is 0 Å². The zero-order valence-electron chi connectivity index (χ0n) is 7.39. The van der Waals surface area contributed by atoms with Crippen molar-refractivity contribution in [3.63, 3.8) is 0 Å². The molecule has 13 heavy (non-hydrogen) atoms. The SMILES string of the molecule is Brc1cccc2c1CNC2C1CC1. The molecule has 0 bridgehead atoms. The van der Waals surface area contributed by atoms with Crippen molar-refractivity contribution in [2.24, 2.45) is 5.92 Å². The maximum absolute atomic E-state index is 3.60. The summed E-state index contributed by atoms with van der Waals surface area (Å²) in [5.74, 6) is 0.913. The number of hydrogen-bond donors (Lipinski definition) is 1. The summed E-state index contributed by atoms with van der Waals surface area (Å²) in [6, 6.07) is 7.19. The Labute approximate surface area is 86.7 Å². The predicted octanol–water partition coefficient (Wildman–Crippen LogP) is 3.00. The molecule has 2 aliphatic rings. The first kappa shape index (κ1) is 8.01. The Bertz CT molecular complexity index is 344. The Morgan fingerprint density at radius 2 is 2.15 bits per heavy atom. The van der Waals surface area contributed by atoms with Gasteiger partial charge in [0.15, 0.2) is 0 Å². The van der Waals surface area contributed by atoms with Crippen molar-refractivity contribution in [3.05, 3.63) is 33.8 Å². The average Bonchev–Trinajstić information content (AvgIpc) is 2.87. The van der Waals surface area contributed by atoms with Crippen LogP contribution < -0.4 is 5.32 Å². The van der Waals surface area contributed by atoms with Crippen molar-refractivity contribution in [2.45, 2.75) is 25.4 Å². The second kappa shape index (κ2) is 2.82. The Hall–Kier alpha value is -0.340. The Balaban J connectivity index is 2.05. The summed E-state index contributed by atoms with van der Waals surface area (Å²) in [5.41, 5.74) is 3.00. The molecule has 1 aliphatic carbocycles. The highest BCUT2D eigenvalue weighted by Crippen LogP contribution is 2.45. The van der Waals surface area contributed by atoms with Crippen LogP contribution in [0.1, 0.15) is 30.0 Å². The van der Waals surface area contributed by atoms with Gasteiger partial charge in [-0.25, -0.2) is 0 Å². The van der Waals surface area contributed by atoms with Gasteiger partial charge in [0.05, 0.1) is 0 Å². The summed E-state index contributed by atoms with van der Waals surface area (Å²) in [7, 11) is 0. The van der Waals surface area contributed by atoms with Gasteiger partial charge < -0.3 is 5.32 Å². The van der Waals surface area contributed by atoms with E-state index in [-0.39, 0.29) is 0 Å². The van der Waals surface area contributed by atoms with E-state index in [4.69, 9.17) is 0 Å². The minimum atomic E-state index is 0.646. The van der Waals surface area contributed by atoms with Crippen LogP contribution in [0.5, 0.6) is 0 Å². The third-order valence-electron chi connectivity index (χ3n) is 3.08. The third kappa shape index (κ3) is 1.24. The second-order valence-corrected chi connectivity index (χ2v) is 4.86. The minimum Gasteiger partial charge on any atom is -0.306 e. The quantitative estimate of drug-likeness (QED) is 0.793. The van der Waals surface area contributed by atoms with Crippen LogP contribution in [0.25, 0.3) is 0 Å². The molecule has 3 rings (SSSR count). The molecule has 1 heterocycles. The first-order valence-corrected chi connectivity index (χ1v) is 5.66. The number of hydrogen-bond acceptors (Lipinski definition) is 1. The van der Waals surface area contributed by atoms with E-state index in [2.05, 4.69) is 39.4 Å². The number of nitrogens with one attached hydrogen (secondary N) is 1. The van der Waals surface area contributed by atoms with Gasteiger partial charge in [0, 0.05) is 17.1 Å². The van der Waals surface area contributed by atoms with E-state index in [9.17, 15) is 0 Å². The maximum atomic E-state index is 3.60. The minimum absolute atomic E-state index is 0.646. The van der Waals surface area contributed by atoms with Crippen molar-refractivity contribution in [2.75, 3.05) is 0 Å². The first-order chi connectivity index (χ1) is 6.36. The van der Waals surface area contributed by atoms with Gasteiger partial charge in [0.1, 0.15) is 0 Å². The summed E-state index contributed by atoms with van der Waals surface area (Å²) in [4.78, 5) is 0. The highest BCUT2D eigenvalue weighted by atomic mass is 79.9. The molecular formula is C11H12BrN. The lowest BCUT2D eigenvalue weighted by molar-refractivity contribution is 0.523. The molecular weight excluding hydrogens is 226 g/mol. The molecule has 0 saturated heterocycles. The lowest BCUT2D eigenvalue weighted by Gasteiger charge is -2.09. The van der Waals surface area contributed by atoms with E-state index in [0.717, 1.165) is 12.5 Å². The van der Waals surface area contributed by atoms with E-state index in [1.54, 1.807) is 0 Å². The van der Waals surface area contributed by atoms with Crippen molar-refractivity contribution < 1.29 is 0 Å². The molecule has 1 aliphatic heterocycles. The van der Waals surface area contributed by atoms with Gasteiger partial charge >= 0.3 is 0 Å². The van der Waals surface area contributed by atoms with E-state index in [1.807, 2.05) is 0 Å². The van der Waals surface area contributed by atoms with Gasteiger partial charge in [-0.3, -0.25) is 0 Å². The van der Waals surface area contributed by atoms with Crippen molar-refractivity contribution in [3.8, 4) is 0 Å². The van der Waals surface area contributed by atoms with Crippen molar-refractivity contribution >= 4 is 15.9 Å². The van der Waals surface area contributed by atoms with Crippen LogP contribution in [0, 0.1) is 5.92 Å². The number of benzene rings is 1. The van der Waals surface area contributed by atoms with Crippen LogP contribution in [0.4, 0.5) is 0 Å². The second-order valence-electron chi connectivity index (χ2n) is 4.00. The molecule has 0 aromatic heterocycles. The van der Waals surface area contributed by atoms with Gasteiger partial charge in [-0.1, -0.05) is 28.1 Å². The van der Waals surface area contributed by atoms with Crippen molar-refractivity contribution in [1.29, 1.82) is 0 Å². The molecule has 0 radical (unpaired) electrons. The summed E-state index contributed by atoms with van der Waals surface area (Å²) in [6.45, 7) is 1.04. The maximum Gasteiger partial charge on any atom is 0.0355 e. The fourth-order valence-corrected chi connectivity index (χ4v) is 2.75. The molecule has 1 nitrogen and oxygen atoms in total. The van der Waals surface area contributed by atoms with Crippen LogP contribution in [-0.2, 0) is 6.54 Å². The predicted molar refractivity (Wildman–Crippen MR) is 56.4 cm³/mol. The average molecular weight is 238 g/mol. The van der Waals surface area contributed by atoms with Gasteiger partial charge in [-0.05, 0) is 36.0 Å². The van der Waals surface area contributed by atoms with Gasteiger partial charge in [-0.15, -0.1) is 0 Å². The Kier molecular flexibility index (Phi) is 1.74. The standard InChI is InChI=1S/C11H12BrN/c12-10-3-1-2-8-9(10)6-13-11(8)7-4-5-7/h1-3,7,11,13H,4-6H2. The molecule has 1 saturated carbocycles. The van der Waals surface area contributed by atoms with Crippen LogP contribution in [0.2, 0.25) is 0 Å². The molecule has 68 valence electrons. The van der Waals surface area contributed by atoms with Gasteiger partial charge in [0.2, 0.25) is 0 Å². The van der Waals surface area contributed by atoms with Gasteiger partial charge in [0.25, 0.3) is 0 Å². The molecule has 0 amide bonds. The first-order valence-electron chi connectivity index (χ1n) is 4.87. The molecule has 1 aromatic carbocycles. The third-order valence-corrected chi connectivity index (χ3v) is 3.83. The lowest BCUT2D eigenvalue weighted by Crippen LogP contribution is -2.13. The van der Waals surface area contributed by atoms with Crippen molar-refractivity contribution in [1.82, 2.24) is 5.32 Å². The molecule has 1 unspecified atom stereocenters. The van der Waals surface area contributed by atoms with E-state index < -0.39 is 0 Å². The smallest absolute Gasteiger partial charge is 0.0355 e. The zero-order valence-corrected chi connectivity index (χ0v) is 8.97. The zero-order chi connectivity index (χ0) is 8.84. The molecule has 1 fully saturated rings. The van der Waals surface area contributed by atoms with E-state index in [0.29, 0.717) is 6.04 Å². The normalized spacial score (nSPS) is 26.1. The fourth-order valence-electron chi connectivity index (χ4n) is 2.23. The van der Waals surface area contributed by atoms with E-state index in [1.165, 1.54) is 28.4 Å². The number of rotatable bonds is 1. The van der Waals surface area contributed by atoms with Crippen LogP contribution in [-0.4, -0.2) is 0 Å². The molecule has 1 N–H and O–H groups in total. The summed E-state index contributed by atoms with van der Waals surface area (Å²) < 4.78 is 1.26. The number of halogens is 1. The van der Waals surface area contributed by atoms with Crippen LogP contribution in [0.15, 0.2) is 22.7 Å². The van der Waals surface area contributed by atoms with Crippen LogP contribution in [0.3, 0.4) is 0 Å². The summed E-state index contributed by atoms with van der Waals surface area (Å²) >= 11 is 3.60. The molecule has 1 aromatic rings. The van der Waals surface area contributed by atoms with Crippen LogP contribution >= 0.6 is 15.9 Å². The highest BCUT2D eigenvalue weighted by Gasteiger charge is 2.36. The molecule has 1 atom stereocenters. The summed E-state index contributed by atoms with van der Waals surface area (Å²) in [5, 5.41) is 3.59. The molecule has 2 heteroatoms. The Morgan fingerprint density at radius 1 is 1.31 bits per heavy atom. The monoisotopic (exact) mass is 237 g/mol. The summed E-state index contributed by atoms with van der Waals surface area (Å²) in [6.07, 6.45) is 2.81. The lowest BCUT2D eigenvalue weighted by atomic mass is 10.0. The number of fused-ring (bicyclic) bond motifs is 1. The topological polar surface area (TPSA) is 12.0 Å². The van der Waals surface area contributed by atoms with E-state index >= 15 is 0 Å². The Morgan fingerprint density at radius 3 is 2.92 bits per heavy atom. The highest BCUT2D eigenvalue weighted by molar-refractivity contribution is 9.10. The largest absolute Gasteiger partial charge is 0.306 e. The molecule has 0 spiro atoms.